The Hall–Kier alpha value is -3.74. The summed E-state index contributed by atoms with van der Waals surface area (Å²) in [5.41, 5.74) is 3.76. The summed E-state index contributed by atoms with van der Waals surface area (Å²) in [4.78, 5) is 18.8. The monoisotopic (exact) mass is 404 g/mol. The molecule has 0 bridgehead atoms. The van der Waals surface area contributed by atoms with Crippen LogP contribution in [0.4, 0.5) is 9.18 Å². The van der Waals surface area contributed by atoms with Crippen LogP contribution in [0.5, 0.6) is 0 Å². The summed E-state index contributed by atoms with van der Waals surface area (Å²) < 4.78 is 19.5. The highest BCUT2D eigenvalue weighted by molar-refractivity contribution is 5.87. The third kappa shape index (κ3) is 3.61. The minimum absolute atomic E-state index is 0.271. The van der Waals surface area contributed by atoms with Gasteiger partial charge in [-0.3, -0.25) is 4.90 Å². The van der Waals surface area contributed by atoms with Crippen molar-refractivity contribution in [2.24, 2.45) is 0 Å². The Morgan fingerprint density at radius 2 is 2.03 bits per heavy atom. The fourth-order valence-electron chi connectivity index (χ4n) is 3.58. The zero-order valence-corrected chi connectivity index (χ0v) is 16.7. The Labute approximate surface area is 173 Å². The largest absolute Gasteiger partial charge is 0.334 e. The maximum atomic E-state index is 13.9. The van der Waals surface area contributed by atoms with Gasteiger partial charge in [0.1, 0.15) is 5.82 Å². The molecule has 1 aliphatic heterocycles. The maximum Gasteiger partial charge on any atom is 0.322 e. The van der Waals surface area contributed by atoms with Gasteiger partial charge >= 0.3 is 6.03 Å². The number of aromatic nitrogens is 2. The Bertz CT molecular complexity index is 1150. The molecule has 7 heteroatoms. The van der Waals surface area contributed by atoms with Gasteiger partial charge < -0.3 is 9.84 Å². The number of allylic oxidation sites excluding steroid dienone is 1. The average molecular weight is 404 g/mol. The number of hydrogen-bond donors (Lipinski definition) is 1. The molecule has 2 heterocycles. The van der Waals surface area contributed by atoms with Crippen molar-refractivity contribution in [3.8, 4) is 11.4 Å². The Morgan fingerprint density at radius 3 is 2.77 bits per heavy atom. The van der Waals surface area contributed by atoms with Gasteiger partial charge in [-0.15, -0.1) is 6.58 Å². The second-order valence-corrected chi connectivity index (χ2v) is 7.13. The van der Waals surface area contributed by atoms with Crippen LogP contribution in [0.15, 0.2) is 71.4 Å². The summed E-state index contributed by atoms with van der Waals surface area (Å²) >= 11 is 0. The molecule has 1 N–H and O–H groups in total. The van der Waals surface area contributed by atoms with E-state index in [1.54, 1.807) is 25.1 Å². The van der Waals surface area contributed by atoms with Crippen molar-refractivity contribution < 1.29 is 13.7 Å². The van der Waals surface area contributed by atoms with Crippen molar-refractivity contribution in [2.75, 3.05) is 6.54 Å². The lowest BCUT2D eigenvalue weighted by atomic mass is 9.94. The van der Waals surface area contributed by atoms with E-state index in [9.17, 15) is 9.18 Å². The summed E-state index contributed by atoms with van der Waals surface area (Å²) in [6.07, 6.45) is 1.63. The van der Waals surface area contributed by atoms with E-state index in [2.05, 4.69) is 22.0 Å². The molecule has 152 valence electrons. The minimum atomic E-state index is -0.625. The SMILES string of the molecule is C=CCN1C(=O)NC(c2cccc(F)c2)C(c2nc(-c3cccc(C)c3)no2)=C1C. The molecule has 6 nitrogen and oxygen atoms in total. The number of carbonyl (C=O) groups excluding carboxylic acids is 1. The van der Waals surface area contributed by atoms with E-state index in [-0.39, 0.29) is 11.9 Å². The van der Waals surface area contributed by atoms with Crippen molar-refractivity contribution in [1.82, 2.24) is 20.4 Å². The summed E-state index contributed by atoms with van der Waals surface area (Å²) in [7, 11) is 0. The molecule has 2 aromatic carbocycles. The molecule has 0 fully saturated rings. The molecule has 2 amide bonds. The molecule has 0 spiro atoms. The number of amides is 2. The first-order valence-corrected chi connectivity index (χ1v) is 9.54. The number of nitrogens with one attached hydrogen (secondary N) is 1. The van der Waals surface area contributed by atoms with Crippen molar-refractivity contribution in [3.05, 3.63) is 89.7 Å². The average Bonchev–Trinajstić information content (AvgIpc) is 3.20. The first-order chi connectivity index (χ1) is 14.5. The summed E-state index contributed by atoms with van der Waals surface area (Å²) in [5, 5.41) is 7.05. The molecule has 30 heavy (non-hydrogen) atoms. The lowest BCUT2D eigenvalue weighted by Crippen LogP contribution is -2.46. The van der Waals surface area contributed by atoms with Gasteiger partial charge in [0.15, 0.2) is 0 Å². The molecular formula is C23H21FN4O2. The predicted molar refractivity (Wildman–Crippen MR) is 112 cm³/mol. The zero-order valence-electron chi connectivity index (χ0n) is 16.7. The van der Waals surface area contributed by atoms with E-state index >= 15 is 0 Å². The minimum Gasteiger partial charge on any atom is -0.334 e. The Balaban J connectivity index is 1.83. The van der Waals surface area contributed by atoms with Crippen LogP contribution in [-0.4, -0.2) is 27.6 Å². The standard InChI is InChI=1S/C23H21FN4O2/c1-4-11-28-15(3)19(20(25-23(28)29)16-8-6-10-18(24)13-16)22-26-21(27-30-22)17-9-5-7-14(2)12-17/h4-10,12-13,20H,1,11H2,2-3H3,(H,25,29). The molecule has 1 atom stereocenters. The van der Waals surface area contributed by atoms with Crippen LogP contribution in [0.2, 0.25) is 0 Å². The first kappa shape index (κ1) is 19.6. The van der Waals surface area contributed by atoms with Gasteiger partial charge in [0, 0.05) is 17.8 Å². The summed E-state index contributed by atoms with van der Waals surface area (Å²) in [6.45, 7) is 7.83. The second kappa shape index (κ2) is 7.94. The van der Waals surface area contributed by atoms with Crippen LogP contribution >= 0.6 is 0 Å². The highest BCUT2D eigenvalue weighted by atomic mass is 19.1. The summed E-state index contributed by atoms with van der Waals surface area (Å²) in [5.74, 6) is 0.324. The van der Waals surface area contributed by atoms with E-state index < -0.39 is 11.9 Å². The molecule has 0 saturated carbocycles. The van der Waals surface area contributed by atoms with Crippen LogP contribution < -0.4 is 5.32 Å². The van der Waals surface area contributed by atoms with Crippen LogP contribution in [-0.2, 0) is 0 Å². The third-order valence-corrected chi connectivity index (χ3v) is 5.02. The van der Waals surface area contributed by atoms with E-state index in [1.807, 2.05) is 31.2 Å². The molecule has 1 unspecified atom stereocenters. The number of aryl methyl sites for hydroxylation is 1. The lowest BCUT2D eigenvalue weighted by molar-refractivity contribution is 0.209. The topological polar surface area (TPSA) is 71.3 Å². The van der Waals surface area contributed by atoms with Crippen LogP contribution in [0.1, 0.15) is 30.0 Å². The van der Waals surface area contributed by atoms with Gasteiger partial charge in [-0.05, 0) is 37.6 Å². The highest BCUT2D eigenvalue weighted by Gasteiger charge is 2.35. The van der Waals surface area contributed by atoms with E-state index in [1.165, 1.54) is 17.0 Å². The van der Waals surface area contributed by atoms with Crippen molar-refractivity contribution in [3.63, 3.8) is 0 Å². The highest BCUT2D eigenvalue weighted by Crippen LogP contribution is 2.37. The van der Waals surface area contributed by atoms with Gasteiger partial charge in [0.25, 0.3) is 5.89 Å². The van der Waals surface area contributed by atoms with Gasteiger partial charge in [0.2, 0.25) is 5.82 Å². The van der Waals surface area contributed by atoms with Crippen molar-refractivity contribution in [1.29, 1.82) is 0 Å². The Kier molecular flexibility index (Phi) is 5.18. The molecule has 1 aliphatic rings. The first-order valence-electron chi connectivity index (χ1n) is 9.54. The van der Waals surface area contributed by atoms with E-state index in [0.717, 1.165) is 11.1 Å². The van der Waals surface area contributed by atoms with Gasteiger partial charge in [-0.1, -0.05) is 47.1 Å². The van der Waals surface area contributed by atoms with Gasteiger partial charge in [-0.2, -0.15) is 4.98 Å². The quantitative estimate of drug-likeness (QED) is 0.616. The smallest absolute Gasteiger partial charge is 0.322 e. The molecule has 3 aromatic rings. The summed E-state index contributed by atoms with van der Waals surface area (Å²) in [6, 6.07) is 13.0. The number of rotatable bonds is 5. The third-order valence-electron chi connectivity index (χ3n) is 5.02. The molecular weight excluding hydrogens is 383 g/mol. The number of benzene rings is 2. The number of carbonyl (C=O) groups is 1. The van der Waals surface area contributed by atoms with Crippen LogP contribution in [0.3, 0.4) is 0 Å². The van der Waals surface area contributed by atoms with Crippen LogP contribution in [0, 0.1) is 12.7 Å². The molecule has 0 aliphatic carbocycles. The molecule has 4 rings (SSSR count). The fraction of sp³-hybridized carbons (Fsp3) is 0.174. The van der Waals surface area contributed by atoms with Crippen molar-refractivity contribution >= 4 is 11.6 Å². The number of urea groups is 1. The van der Waals surface area contributed by atoms with Crippen LogP contribution in [0.25, 0.3) is 17.0 Å². The number of halogens is 1. The normalized spacial score (nSPS) is 16.6. The maximum absolute atomic E-state index is 13.9. The van der Waals surface area contributed by atoms with Crippen molar-refractivity contribution in [2.45, 2.75) is 19.9 Å². The zero-order chi connectivity index (χ0) is 21.3. The Morgan fingerprint density at radius 1 is 1.23 bits per heavy atom. The van der Waals surface area contributed by atoms with E-state index in [4.69, 9.17) is 4.52 Å². The predicted octanol–water partition coefficient (Wildman–Crippen LogP) is 4.87. The fourth-order valence-corrected chi connectivity index (χ4v) is 3.58. The second-order valence-electron chi connectivity index (χ2n) is 7.13. The molecule has 0 radical (unpaired) electrons. The van der Waals surface area contributed by atoms with Gasteiger partial charge in [0.05, 0.1) is 11.6 Å². The lowest BCUT2D eigenvalue weighted by Gasteiger charge is -2.34. The molecule has 0 saturated heterocycles. The molecule has 1 aromatic heterocycles. The number of nitrogens with zero attached hydrogens (tertiary/aromatic N) is 3. The number of hydrogen-bond acceptors (Lipinski definition) is 4. The van der Waals surface area contributed by atoms with E-state index in [0.29, 0.717) is 29.2 Å². The van der Waals surface area contributed by atoms with Gasteiger partial charge in [-0.25, -0.2) is 9.18 Å².